The topological polar surface area (TPSA) is 72.5 Å². The van der Waals surface area contributed by atoms with E-state index >= 15 is 0 Å². The molecule has 0 fully saturated rings. The van der Waals surface area contributed by atoms with Gasteiger partial charge in [-0.15, -0.1) is 0 Å². The summed E-state index contributed by atoms with van der Waals surface area (Å²) in [5.41, 5.74) is 6.66. The van der Waals surface area contributed by atoms with Gasteiger partial charge in [0.2, 0.25) is 0 Å². The molecule has 1 atom stereocenters. The molecule has 0 bridgehead atoms. The minimum atomic E-state index is -1.01. The molecule has 1 aromatic rings. The van der Waals surface area contributed by atoms with E-state index in [1.165, 1.54) is 0 Å². The average molecular weight is 223 g/mol. The number of carboxylic acid groups (broad SMARTS) is 1. The summed E-state index contributed by atoms with van der Waals surface area (Å²) < 4.78 is 5.50. The van der Waals surface area contributed by atoms with Crippen LogP contribution in [0.15, 0.2) is 18.2 Å². The van der Waals surface area contributed by atoms with E-state index in [-0.39, 0.29) is 24.0 Å². The van der Waals surface area contributed by atoms with Crippen LogP contribution in [0.3, 0.4) is 0 Å². The molecule has 0 saturated heterocycles. The van der Waals surface area contributed by atoms with Crippen LogP contribution in [0.25, 0.3) is 0 Å². The standard InChI is InChI=1S/C12H17NO3/c1-3-8(2)16-7-9-5-4-6-10(13)11(9)12(14)15/h4-6,8H,3,7,13H2,1-2H3,(H,14,15). The molecule has 1 unspecified atom stereocenters. The van der Waals surface area contributed by atoms with Gasteiger partial charge in [0.1, 0.15) is 0 Å². The molecule has 0 aliphatic rings. The lowest BCUT2D eigenvalue weighted by Gasteiger charge is -2.13. The highest BCUT2D eigenvalue weighted by Gasteiger charge is 2.14. The molecule has 0 spiro atoms. The quantitative estimate of drug-likeness (QED) is 0.751. The van der Waals surface area contributed by atoms with Gasteiger partial charge in [0.25, 0.3) is 0 Å². The maximum Gasteiger partial charge on any atom is 0.338 e. The minimum Gasteiger partial charge on any atom is -0.478 e. The summed E-state index contributed by atoms with van der Waals surface area (Å²) in [7, 11) is 0. The van der Waals surface area contributed by atoms with Gasteiger partial charge in [0.05, 0.1) is 18.3 Å². The highest BCUT2D eigenvalue weighted by atomic mass is 16.5. The van der Waals surface area contributed by atoms with Gasteiger partial charge in [-0.1, -0.05) is 19.1 Å². The van der Waals surface area contributed by atoms with Crippen molar-refractivity contribution in [2.75, 3.05) is 5.73 Å². The zero-order chi connectivity index (χ0) is 12.1. The van der Waals surface area contributed by atoms with E-state index in [1.807, 2.05) is 13.8 Å². The fourth-order valence-corrected chi connectivity index (χ4v) is 1.35. The fourth-order valence-electron chi connectivity index (χ4n) is 1.35. The molecule has 0 saturated carbocycles. The van der Waals surface area contributed by atoms with Gasteiger partial charge in [-0.25, -0.2) is 4.79 Å². The van der Waals surface area contributed by atoms with Gasteiger partial charge < -0.3 is 15.6 Å². The van der Waals surface area contributed by atoms with Crippen molar-refractivity contribution < 1.29 is 14.6 Å². The zero-order valence-corrected chi connectivity index (χ0v) is 9.56. The second-order valence-electron chi connectivity index (χ2n) is 3.72. The number of benzene rings is 1. The summed E-state index contributed by atoms with van der Waals surface area (Å²) in [4.78, 5) is 11.0. The van der Waals surface area contributed by atoms with E-state index < -0.39 is 5.97 Å². The summed E-state index contributed by atoms with van der Waals surface area (Å²) in [6.07, 6.45) is 1.01. The third-order valence-electron chi connectivity index (χ3n) is 2.50. The molecule has 0 radical (unpaired) electrons. The molecule has 0 amide bonds. The summed E-state index contributed by atoms with van der Waals surface area (Å²) in [6.45, 7) is 4.25. The minimum absolute atomic E-state index is 0.114. The number of carboxylic acids is 1. The number of ether oxygens (including phenoxy) is 1. The SMILES string of the molecule is CCC(C)OCc1cccc(N)c1C(=O)O. The molecule has 3 N–H and O–H groups in total. The van der Waals surface area contributed by atoms with Crippen LogP contribution >= 0.6 is 0 Å². The highest BCUT2D eigenvalue weighted by Crippen LogP contribution is 2.18. The van der Waals surface area contributed by atoms with E-state index in [4.69, 9.17) is 15.6 Å². The van der Waals surface area contributed by atoms with Crippen molar-refractivity contribution in [2.45, 2.75) is 33.0 Å². The molecule has 4 heteroatoms. The Kier molecular flexibility index (Phi) is 4.31. The van der Waals surface area contributed by atoms with Crippen LogP contribution in [0.2, 0.25) is 0 Å². The summed E-state index contributed by atoms with van der Waals surface area (Å²) in [6, 6.07) is 5.04. The Balaban J connectivity index is 2.87. The third-order valence-corrected chi connectivity index (χ3v) is 2.50. The first-order valence-electron chi connectivity index (χ1n) is 5.28. The molecule has 0 heterocycles. The molecule has 1 aromatic carbocycles. The summed E-state index contributed by atoms with van der Waals surface area (Å²) in [5.74, 6) is -1.01. The number of nitrogens with two attached hydrogens (primary N) is 1. The van der Waals surface area contributed by atoms with E-state index in [1.54, 1.807) is 18.2 Å². The van der Waals surface area contributed by atoms with Crippen LogP contribution in [0.4, 0.5) is 5.69 Å². The van der Waals surface area contributed by atoms with Gasteiger partial charge in [0, 0.05) is 5.69 Å². The Hall–Kier alpha value is -1.55. The second kappa shape index (κ2) is 5.51. The van der Waals surface area contributed by atoms with Crippen LogP contribution in [0.5, 0.6) is 0 Å². The number of nitrogen functional groups attached to an aromatic ring is 1. The smallest absolute Gasteiger partial charge is 0.338 e. The third kappa shape index (κ3) is 2.97. The van der Waals surface area contributed by atoms with Crippen molar-refractivity contribution in [3.05, 3.63) is 29.3 Å². The van der Waals surface area contributed by atoms with Crippen molar-refractivity contribution in [3.8, 4) is 0 Å². The van der Waals surface area contributed by atoms with Crippen LogP contribution < -0.4 is 5.73 Å². The first kappa shape index (κ1) is 12.5. The number of anilines is 1. The van der Waals surface area contributed by atoms with Gasteiger partial charge in [0.15, 0.2) is 0 Å². The maximum atomic E-state index is 11.0. The first-order valence-corrected chi connectivity index (χ1v) is 5.28. The molecule has 0 aliphatic carbocycles. The molecule has 0 aromatic heterocycles. The van der Waals surface area contributed by atoms with E-state index in [0.29, 0.717) is 5.56 Å². The lowest BCUT2D eigenvalue weighted by molar-refractivity contribution is 0.0488. The van der Waals surface area contributed by atoms with Crippen LogP contribution in [-0.4, -0.2) is 17.2 Å². The summed E-state index contributed by atoms with van der Waals surface area (Å²) in [5, 5.41) is 9.03. The molecule has 16 heavy (non-hydrogen) atoms. The maximum absolute atomic E-state index is 11.0. The van der Waals surface area contributed by atoms with Crippen LogP contribution in [0, 0.1) is 0 Å². The Bertz CT molecular complexity index is 377. The number of aromatic carboxylic acids is 1. The number of hydrogen-bond donors (Lipinski definition) is 2. The number of rotatable bonds is 5. The predicted octanol–water partition coefficient (Wildman–Crippen LogP) is 2.28. The molecule has 88 valence electrons. The second-order valence-corrected chi connectivity index (χ2v) is 3.72. The van der Waals surface area contributed by atoms with Crippen molar-refractivity contribution in [2.24, 2.45) is 0 Å². The monoisotopic (exact) mass is 223 g/mol. The normalized spacial score (nSPS) is 12.4. The summed E-state index contributed by atoms with van der Waals surface area (Å²) >= 11 is 0. The van der Waals surface area contributed by atoms with Gasteiger partial charge >= 0.3 is 5.97 Å². The molecular weight excluding hydrogens is 206 g/mol. The lowest BCUT2D eigenvalue weighted by atomic mass is 10.1. The fraction of sp³-hybridized carbons (Fsp3) is 0.417. The van der Waals surface area contributed by atoms with Crippen molar-refractivity contribution in [1.82, 2.24) is 0 Å². The van der Waals surface area contributed by atoms with Gasteiger partial charge in [-0.3, -0.25) is 0 Å². The largest absolute Gasteiger partial charge is 0.478 e. The molecular formula is C12H17NO3. The van der Waals surface area contributed by atoms with E-state index in [2.05, 4.69) is 0 Å². The van der Waals surface area contributed by atoms with E-state index in [9.17, 15) is 4.79 Å². The Morgan fingerprint density at radius 3 is 2.81 bits per heavy atom. The lowest BCUT2D eigenvalue weighted by Crippen LogP contribution is -2.11. The van der Waals surface area contributed by atoms with Crippen molar-refractivity contribution in [3.63, 3.8) is 0 Å². The van der Waals surface area contributed by atoms with Gasteiger partial charge in [-0.2, -0.15) is 0 Å². The van der Waals surface area contributed by atoms with E-state index in [0.717, 1.165) is 6.42 Å². The molecule has 0 aliphatic heterocycles. The zero-order valence-electron chi connectivity index (χ0n) is 9.56. The first-order chi connectivity index (χ1) is 7.56. The molecule has 4 nitrogen and oxygen atoms in total. The molecule has 1 rings (SSSR count). The highest BCUT2D eigenvalue weighted by molar-refractivity contribution is 5.95. The van der Waals surface area contributed by atoms with Crippen LogP contribution in [-0.2, 0) is 11.3 Å². The Morgan fingerprint density at radius 1 is 1.56 bits per heavy atom. The average Bonchev–Trinajstić information content (AvgIpc) is 2.25. The van der Waals surface area contributed by atoms with Gasteiger partial charge in [-0.05, 0) is 25.0 Å². The van der Waals surface area contributed by atoms with Crippen LogP contribution in [0.1, 0.15) is 36.2 Å². The van der Waals surface area contributed by atoms with Crippen molar-refractivity contribution >= 4 is 11.7 Å². The Labute approximate surface area is 95.0 Å². The predicted molar refractivity (Wildman–Crippen MR) is 62.4 cm³/mol. The van der Waals surface area contributed by atoms with Crippen molar-refractivity contribution in [1.29, 1.82) is 0 Å². The number of carbonyl (C=O) groups is 1. The number of hydrogen-bond acceptors (Lipinski definition) is 3. The Morgan fingerprint density at radius 2 is 2.25 bits per heavy atom.